The Morgan fingerprint density at radius 3 is 2.48 bits per heavy atom. The van der Waals surface area contributed by atoms with Crippen molar-refractivity contribution >= 4 is 34.2 Å². The van der Waals surface area contributed by atoms with Gasteiger partial charge in [-0.3, -0.25) is 4.79 Å². The molecule has 0 aliphatic heterocycles. The summed E-state index contributed by atoms with van der Waals surface area (Å²) in [6.07, 6.45) is 0.919. The van der Waals surface area contributed by atoms with E-state index in [0.717, 1.165) is 33.4 Å². The Balaban J connectivity index is 2.25. The maximum atomic E-state index is 12.8. The average Bonchev–Trinajstić information content (AvgIpc) is 2.49. The van der Waals surface area contributed by atoms with Crippen LogP contribution in [0.5, 0.6) is 0 Å². The molecule has 0 bridgehead atoms. The molecule has 0 aromatic heterocycles. The highest BCUT2D eigenvalue weighted by Crippen LogP contribution is 2.18. The Hall–Kier alpha value is -1.56. The monoisotopic (exact) mass is 394 g/mol. The lowest BCUT2D eigenvalue weighted by molar-refractivity contribution is 0.0742. The van der Waals surface area contributed by atoms with Gasteiger partial charge >= 0.3 is 0 Å². The highest BCUT2D eigenvalue weighted by Gasteiger charge is 2.18. The topological polar surface area (TPSA) is 46.3 Å². The van der Waals surface area contributed by atoms with Crippen LogP contribution in [0.1, 0.15) is 29.3 Å². The molecule has 0 heterocycles. The van der Waals surface area contributed by atoms with Gasteiger partial charge in [-0.2, -0.15) is 0 Å². The Morgan fingerprint density at radius 2 is 1.81 bits per heavy atom. The van der Waals surface area contributed by atoms with Crippen molar-refractivity contribution in [2.24, 2.45) is 0 Å². The minimum absolute atomic E-state index is 0.0603. The van der Waals surface area contributed by atoms with Crippen LogP contribution in [0, 0.1) is 3.57 Å². The molecule has 0 saturated carbocycles. The second kappa shape index (κ2) is 7.45. The van der Waals surface area contributed by atoms with E-state index in [1.165, 1.54) is 0 Å². The second-order valence-electron chi connectivity index (χ2n) is 4.91. The van der Waals surface area contributed by atoms with E-state index in [1.54, 1.807) is 0 Å². The van der Waals surface area contributed by atoms with E-state index in [1.807, 2.05) is 53.4 Å². The standard InChI is InChI=1S/C17H19IN2O/c1-2-11-20(12-13-7-3-6-10-16(13)19)17(21)14-8-4-5-9-15(14)18/h3-10H,2,11-12,19H2,1H3. The third-order valence-electron chi connectivity index (χ3n) is 3.30. The molecular weight excluding hydrogens is 375 g/mol. The molecular formula is C17H19IN2O. The summed E-state index contributed by atoms with van der Waals surface area (Å²) < 4.78 is 0.974. The molecule has 3 nitrogen and oxygen atoms in total. The SMILES string of the molecule is CCCN(Cc1ccccc1N)C(=O)c1ccccc1I. The third kappa shape index (κ3) is 3.97. The van der Waals surface area contributed by atoms with Crippen molar-refractivity contribution in [3.05, 3.63) is 63.2 Å². The second-order valence-corrected chi connectivity index (χ2v) is 6.07. The number of benzene rings is 2. The molecule has 4 heteroatoms. The molecule has 0 aliphatic carbocycles. The minimum Gasteiger partial charge on any atom is -0.398 e. The maximum Gasteiger partial charge on any atom is 0.255 e. The van der Waals surface area contributed by atoms with Gasteiger partial charge in [-0.25, -0.2) is 0 Å². The van der Waals surface area contributed by atoms with Gasteiger partial charge in [0, 0.05) is 22.3 Å². The van der Waals surface area contributed by atoms with E-state index in [-0.39, 0.29) is 5.91 Å². The van der Waals surface area contributed by atoms with Crippen molar-refractivity contribution in [3.63, 3.8) is 0 Å². The van der Waals surface area contributed by atoms with Crippen molar-refractivity contribution in [2.75, 3.05) is 12.3 Å². The van der Waals surface area contributed by atoms with E-state index in [2.05, 4.69) is 29.5 Å². The number of carbonyl (C=O) groups is 1. The molecule has 21 heavy (non-hydrogen) atoms. The fourth-order valence-corrected chi connectivity index (χ4v) is 2.83. The van der Waals surface area contributed by atoms with Crippen LogP contribution >= 0.6 is 22.6 Å². The summed E-state index contributed by atoms with van der Waals surface area (Å²) in [5.74, 6) is 0.0603. The predicted octanol–water partition coefficient (Wildman–Crippen LogP) is 3.93. The number of anilines is 1. The summed E-state index contributed by atoms with van der Waals surface area (Å²) in [5, 5.41) is 0. The highest BCUT2D eigenvalue weighted by molar-refractivity contribution is 14.1. The van der Waals surface area contributed by atoms with E-state index >= 15 is 0 Å². The first-order chi connectivity index (χ1) is 10.1. The number of carbonyl (C=O) groups excluding carboxylic acids is 1. The van der Waals surface area contributed by atoms with E-state index < -0.39 is 0 Å². The summed E-state index contributed by atoms with van der Waals surface area (Å²) in [5.41, 5.74) is 8.47. The summed E-state index contributed by atoms with van der Waals surface area (Å²) >= 11 is 2.20. The molecule has 2 aromatic carbocycles. The number of rotatable bonds is 5. The molecule has 0 atom stereocenters. The number of hydrogen-bond donors (Lipinski definition) is 1. The summed E-state index contributed by atoms with van der Waals surface area (Å²) in [6, 6.07) is 15.4. The molecule has 2 aromatic rings. The van der Waals surface area contributed by atoms with Crippen LogP contribution in [0.3, 0.4) is 0 Å². The number of nitrogens with two attached hydrogens (primary N) is 1. The van der Waals surface area contributed by atoms with Gasteiger partial charge in [0.25, 0.3) is 5.91 Å². The summed E-state index contributed by atoms with van der Waals surface area (Å²) in [7, 11) is 0. The molecule has 0 aliphatic rings. The number of para-hydroxylation sites is 1. The molecule has 2 rings (SSSR count). The lowest BCUT2D eigenvalue weighted by Gasteiger charge is -2.23. The largest absolute Gasteiger partial charge is 0.398 e. The first-order valence-electron chi connectivity index (χ1n) is 7.00. The number of amides is 1. The van der Waals surface area contributed by atoms with Gasteiger partial charge in [-0.1, -0.05) is 37.3 Å². The molecule has 0 fully saturated rings. The van der Waals surface area contributed by atoms with Crippen molar-refractivity contribution in [1.82, 2.24) is 4.90 Å². The minimum atomic E-state index is 0.0603. The van der Waals surface area contributed by atoms with Crippen molar-refractivity contribution in [1.29, 1.82) is 0 Å². The summed E-state index contributed by atoms with van der Waals surface area (Å²) in [6.45, 7) is 3.34. The van der Waals surface area contributed by atoms with Gasteiger partial charge < -0.3 is 10.6 Å². The van der Waals surface area contributed by atoms with Gasteiger partial charge in [-0.05, 0) is 52.8 Å². The van der Waals surface area contributed by atoms with Crippen LogP contribution < -0.4 is 5.73 Å². The van der Waals surface area contributed by atoms with Crippen LogP contribution in [0.25, 0.3) is 0 Å². The van der Waals surface area contributed by atoms with Crippen molar-refractivity contribution in [2.45, 2.75) is 19.9 Å². The van der Waals surface area contributed by atoms with Crippen LogP contribution in [-0.4, -0.2) is 17.4 Å². The Kier molecular flexibility index (Phi) is 5.61. The zero-order valence-electron chi connectivity index (χ0n) is 12.1. The lowest BCUT2D eigenvalue weighted by Crippen LogP contribution is -2.32. The molecule has 0 saturated heterocycles. The van der Waals surface area contributed by atoms with Crippen molar-refractivity contribution in [3.8, 4) is 0 Å². The van der Waals surface area contributed by atoms with Crippen LogP contribution in [0.4, 0.5) is 5.69 Å². The highest BCUT2D eigenvalue weighted by atomic mass is 127. The van der Waals surface area contributed by atoms with Gasteiger partial charge in [0.1, 0.15) is 0 Å². The predicted molar refractivity (Wildman–Crippen MR) is 95.0 cm³/mol. The number of halogens is 1. The third-order valence-corrected chi connectivity index (χ3v) is 4.24. The van der Waals surface area contributed by atoms with Gasteiger partial charge in [0.15, 0.2) is 0 Å². The number of hydrogen-bond acceptors (Lipinski definition) is 2. The number of nitrogen functional groups attached to an aromatic ring is 1. The van der Waals surface area contributed by atoms with E-state index in [4.69, 9.17) is 5.73 Å². The fourth-order valence-electron chi connectivity index (χ4n) is 2.21. The normalized spacial score (nSPS) is 10.4. The van der Waals surface area contributed by atoms with Crippen LogP contribution in [-0.2, 0) is 6.54 Å². The maximum absolute atomic E-state index is 12.8. The van der Waals surface area contributed by atoms with E-state index in [9.17, 15) is 4.79 Å². The zero-order valence-corrected chi connectivity index (χ0v) is 14.2. The number of nitrogens with zero attached hydrogens (tertiary/aromatic N) is 1. The Labute approximate surface area is 139 Å². The lowest BCUT2D eigenvalue weighted by atomic mass is 10.1. The smallest absolute Gasteiger partial charge is 0.255 e. The molecule has 1 amide bonds. The van der Waals surface area contributed by atoms with Gasteiger partial charge in [-0.15, -0.1) is 0 Å². The summed E-state index contributed by atoms with van der Waals surface area (Å²) in [4.78, 5) is 14.6. The van der Waals surface area contributed by atoms with Crippen molar-refractivity contribution < 1.29 is 4.79 Å². The molecule has 0 unspecified atom stereocenters. The Bertz CT molecular complexity index is 628. The average molecular weight is 394 g/mol. The van der Waals surface area contributed by atoms with Crippen LogP contribution in [0.15, 0.2) is 48.5 Å². The molecule has 0 radical (unpaired) electrons. The first kappa shape index (κ1) is 15.8. The van der Waals surface area contributed by atoms with E-state index in [0.29, 0.717) is 6.54 Å². The molecule has 110 valence electrons. The quantitative estimate of drug-likeness (QED) is 0.617. The van der Waals surface area contributed by atoms with Crippen LogP contribution in [0.2, 0.25) is 0 Å². The fraction of sp³-hybridized carbons (Fsp3) is 0.235. The van der Waals surface area contributed by atoms with Gasteiger partial charge in [0.2, 0.25) is 0 Å². The first-order valence-corrected chi connectivity index (χ1v) is 8.08. The Morgan fingerprint density at radius 1 is 1.14 bits per heavy atom. The molecule has 2 N–H and O–H groups in total. The molecule has 0 spiro atoms. The zero-order chi connectivity index (χ0) is 15.2. The van der Waals surface area contributed by atoms with Gasteiger partial charge in [0.05, 0.1) is 5.56 Å².